The van der Waals surface area contributed by atoms with Gasteiger partial charge in [-0.05, 0) is 33.1 Å². The van der Waals surface area contributed by atoms with E-state index in [9.17, 15) is 14.4 Å². The molecule has 134 valence electrons. The zero-order valence-corrected chi connectivity index (χ0v) is 14.6. The first-order valence-electron chi connectivity index (χ1n) is 8.28. The van der Waals surface area contributed by atoms with Crippen LogP contribution < -0.4 is 0 Å². The molecule has 0 atom stereocenters. The number of unbranched alkanes of at least 4 members (excludes halogenated alkanes) is 2. The molecule has 0 bridgehead atoms. The summed E-state index contributed by atoms with van der Waals surface area (Å²) in [6.45, 7) is 6.65. The van der Waals surface area contributed by atoms with Crippen LogP contribution in [0.3, 0.4) is 0 Å². The molecule has 0 saturated heterocycles. The minimum absolute atomic E-state index is 0.0866. The highest BCUT2D eigenvalue weighted by Gasteiger charge is 2.26. The van der Waals surface area contributed by atoms with Crippen LogP contribution in [-0.4, -0.2) is 50.1 Å². The fraction of sp³-hybridized carbons (Fsp3) is 0.824. The topological polar surface area (TPSA) is 78.9 Å². The van der Waals surface area contributed by atoms with Crippen molar-refractivity contribution < 1.29 is 28.6 Å². The van der Waals surface area contributed by atoms with E-state index in [1.54, 1.807) is 13.8 Å². The average molecular weight is 330 g/mol. The summed E-state index contributed by atoms with van der Waals surface area (Å²) in [5, 5.41) is 0. The van der Waals surface area contributed by atoms with Crippen molar-refractivity contribution in [2.45, 2.75) is 64.9 Å². The van der Waals surface area contributed by atoms with Gasteiger partial charge in [0.25, 0.3) is 0 Å². The molecule has 0 aliphatic carbocycles. The van der Waals surface area contributed by atoms with E-state index in [4.69, 9.17) is 14.2 Å². The first-order chi connectivity index (χ1) is 10.9. The van der Waals surface area contributed by atoms with Crippen LogP contribution in [0.15, 0.2) is 0 Å². The minimum atomic E-state index is -0.784. The first-order valence-corrected chi connectivity index (χ1v) is 8.28. The molecule has 0 fully saturated rings. The molecule has 0 aliphatic rings. The molecule has 0 heterocycles. The van der Waals surface area contributed by atoms with Gasteiger partial charge in [-0.3, -0.25) is 9.59 Å². The summed E-state index contributed by atoms with van der Waals surface area (Å²) >= 11 is 0. The molecule has 0 unspecified atom stereocenters. The Balaban J connectivity index is 3.53. The third-order valence-corrected chi connectivity index (χ3v) is 3.28. The Labute approximate surface area is 138 Å². The lowest BCUT2D eigenvalue weighted by molar-refractivity contribution is -0.147. The predicted octanol–water partition coefficient (Wildman–Crippen LogP) is 2.47. The molecule has 6 nitrogen and oxygen atoms in total. The molecular weight excluding hydrogens is 300 g/mol. The zero-order valence-electron chi connectivity index (χ0n) is 14.6. The maximum absolute atomic E-state index is 11.8. The highest BCUT2D eigenvalue weighted by Crippen LogP contribution is 2.13. The Bertz CT molecular complexity index is 351. The third-order valence-electron chi connectivity index (χ3n) is 3.28. The second kappa shape index (κ2) is 13.2. The van der Waals surface area contributed by atoms with Gasteiger partial charge in [0.15, 0.2) is 5.78 Å². The number of hydrogen-bond donors (Lipinski definition) is 0. The van der Waals surface area contributed by atoms with Gasteiger partial charge in [-0.25, -0.2) is 0 Å². The Morgan fingerprint density at radius 1 is 1.00 bits per heavy atom. The fourth-order valence-corrected chi connectivity index (χ4v) is 1.85. The van der Waals surface area contributed by atoms with Gasteiger partial charge in [0, 0.05) is 19.3 Å². The van der Waals surface area contributed by atoms with Gasteiger partial charge in [0.1, 0.15) is 18.5 Å². The molecule has 0 aromatic heterocycles. The predicted molar refractivity (Wildman–Crippen MR) is 86.3 cm³/mol. The maximum Gasteiger partial charge on any atom is 0.305 e. The van der Waals surface area contributed by atoms with Gasteiger partial charge in [-0.15, -0.1) is 0 Å². The third kappa shape index (κ3) is 11.9. The molecule has 23 heavy (non-hydrogen) atoms. The van der Waals surface area contributed by atoms with Crippen molar-refractivity contribution in [3.8, 4) is 0 Å². The van der Waals surface area contributed by atoms with E-state index in [0.29, 0.717) is 51.9 Å². The molecule has 0 radical (unpaired) electrons. The summed E-state index contributed by atoms with van der Waals surface area (Å²) < 4.78 is 15.8. The fourth-order valence-electron chi connectivity index (χ4n) is 1.85. The highest BCUT2D eigenvalue weighted by molar-refractivity contribution is 5.86. The van der Waals surface area contributed by atoms with Crippen molar-refractivity contribution in [3.05, 3.63) is 0 Å². The summed E-state index contributed by atoms with van der Waals surface area (Å²) in [7, 11) is 0. The standard InChI is InChI=1S/C17H30O6/c1-4-8-15(19)17(2,3)23-14-12-21-11-13-22-16(20)9-6-5-7-10-18/h10H,4-9,11-14H2,1-3H3. The number of Topliss-reactive ketones (excluding diaryl/α,β-unsaturated/α-hetero) is 1. The Kier molecular flexibility index (Phi) is 12.5. The number of aldehydes is 1. The summed E-state index contributed by atoms with van der Waals surface area (Å²) in [4.78, 5) is 33.2. The number of ether oxygens (including phenoxy) is 3. The summed E-state index contributed by atoms with van der Waals surface area (Å²) in [6, 6.07) is 0. The van der Waals surface area contributed by atoms with Crippen LogP contribution >= 0.6 is 0 Å². The van der Waals surface area contributed by atoms with Crippen LogP contribution in [0, 0.1) is 0 Å². The van der Waals surface area contributed by atoms with Crippen LogP contribution in [0.2, 0.25) is 0 Å². The number of rotatable bonds is 15. The zero-order chi connectivity index (χ0) is 17.6. The van der Waals surface area contributed by atoms with Crippen molar-refractivity contribution in [3.63, 3.8) is 0 Å². The number of carbonyl (C=O) groups is 3. The number of esters is 1. The van der Waals surface area contributed by atoms with Crippen LogP contribution in [0.4, 0.5) is 0 Å². The second-order valence-electron chi connectivity index (χ2n) is 5.78. The van der Waals surface area contributed by atoms with E-state index in [-0.39, 0.29) is 18.4 Å². The smallest absolute Gasteiger partial charge is 0.305 e. The monoisotopic (exact) mass is 330 g/mol. The van der Waals surface area contributed by atoms with Gasteiger partial charge in [-0.2, -0.15) is 0 Å². The number of carbonyl (C=O) groups excluding carboxylic acids is 3. The van der Waals surface area contributed by atoms with E-state index >= 15 is 0 Å². The van der Waals surface area contributed by atoms with Gasteiger partial charge >= 0.3 is 5.97 Å². The van der Waals surface area contributed by atoms with Crippen LogP contribution in [-0.2, 0) is 28.6 Å². The Hall–Kier alpha value is -1.27. The lowest BCUT2D eigenvalue weighted by atomic mass is 10.00. The van der Waals surface area contributed by atoms with Crippen LogP contribution in [0.25, 0.3) is 0 Å². The molecule has 6 heteroatoms. The highest BCUT2D eigenvalue weighted by atomic mass is 16.6. The van der Waals surface area contributed by atoms with Crippen molar-refractivity contribution in [1.29, 1.82) is 0 Å². The molecule has 0 aliphatic heterocycles. The molecule has 0 amide bonds. The minimum Gasteiger partial charge on any atom is -0.463 e. The molecule has 0 saturated carbocycles. The van der Waals surface area contributed by atoms with Crippen LogP contribution in [0.1, 0.15) is 59.3 Å². The largest absolute Gasteiger partial charge is 0.463 e. The van der Waals surface area contributed by atoms with E-state index in [2.05, 4.69) is 0 Å². The lowest BCUT2D eigenvalue weighted by Crippen LogP contribution is -2.36. The summed E-state index contributed by atoms with van der Waals surface area (Å²) in [5.41, 5.74) is -0.784. The Morgan fingerprint density at radius 2 is 1.70 bits per heavy atom. The van der Waals surface area contributed by atoms with Gasteiger partial charge in [0.05, 0.1) is 19.8 Å². The normalized spacial score (nSPS) is 11.3. The summed E-state index contributed by atoms with van der Waals surface area (Å²) in [6.07, 6.45) is 4.34. The Morgan fingerprint density at radius 3 is 2.35 bits per heavy atom. The van der Waals surface area contributed by atoms with Crippen molar-refractivity contribution in [2.24, 2.45) is 0 Å². The molecule has 0 aromatic carbocycles. The molecule has 0 N–H and O–H groups in total. The molecule has 0 aromatic rings. The lowest BCUT2D eigenvalue weighted by Gasteiger charge is -2.23. The van der Waals surface area contributed by atoms with Crippen molar-refractivity contribution >= 4 is 18.0 Å². The van der Waals surface area contributed by atoms with Crippen LogP contribution in [0.5, 0.6) is 0 Å². The van der Waals surface area contributed by atoms with Crippen molar-refractivity contribution in [2.75, 3.05) is 26.4 Å². The average Bonchev–Trinajstić information content (AvgIpc) is 2.50. The maximum atomic E-state index is 11.8. The van der Waals surface area contributed by atoms with Gasteiger partial charge in [-0.1, -0.05) is 6.92 Å². The van der Waals surface area contributed by atoms with E-state index in [1.807, 2.05) is 6.92 Å². The quantitative estimate of drug-likeness (QED) is 0.261. The molecule has 0 spiro atoms. The van der Waals surface area contributed by atoms with E-state index in [0.717, 1.165) is 12.7 Å². The van der Waals surface area contributed by atoms with Crippen molar-refractivity contribution in [1.82, 2.24) is 0 Å². The van der Waals surface area contributed by atoms with E-state index in [1.165, 1.54) is 0 Å². The SMILES string of the molecule is CCCC(=O)C(C)(C)OCCOCCOC(=O)CCCCC=O. The number of hydrogen-bond acceptors (Lipinski definition) is 6. The second-order valence-corrected chi connectivity index (χ2v) is 5.78. The first kappa shape index (κ1) is 21.7. The molecular formula is C17H30O6. The van der Waals surface area contributed by atoms with Gasteiger partial charge < -0.3 is 19.0 Å². The van der Waals surface area contributed by atoms with E-state index < -0.39 is 5.60 Å². The van der Waals surface area contributed by atoms with Gasteiger partial charge in [0.2, 0.25) is 0 Å². The summed E-state index contributed by atoms with van der Waals surface area (Å²) in [5.74, 6) is -0.189. The molecule has 0 rings (SSSR count). The number of ketones is 1.